The molecule has 0 aliphatic carbocycles. The monoisotopic (exact) mass is 409 g/mol. The van der Waals surface area contributed by atoms with Crippen molar-refractivity contribution in [3.63, 3.8) is 0 Å². The zero-order valence-electron chi connectivity index (χ0n) is 18.1. The van der Waals surface area contributed by atoms with E-state index in [4.69, 9.17) is 14.2 Å². The maximum atomic E-state index is 13.6. The number of nitrogens with zero attached hydrogens (tertiary/aromatic N) is 1. The van der Waals surface area contributed by atoms with Crippen LogP contribution in [0.15, 0.2) is 42.5 Å². The summed E-state index contributed by atoms with van der Waals surface area (Å²) in [5.74, 6) is -0.666. The van der Waals surface area contributed by atoms with E-state index in [2.05, 4.69) is 19.1 Å². The average Bonchev–Trinajstić information content (AvgIpc) is 2.96. The van der Waals surface area contributed by atoms with Crippen LogP contribution >= 0.6 is 0 Å². The third-order valence-electron chi connectivity index (χ3n) is 5.62. The van der Waals surface area contributed by atoms with Gasteiger partial charge in [0.1, 0.15) is 5.75 Å². The Kier molecular flexibility index (Phi) is 6.11. The molecule has 1 saturated heterocycles. The number of ether oxygens (including phenoxy) is 3. The van der Waals surface area contributed by atoms with Gasteiger partial charge in [0, 0.05) is 11.1 Å². The minimum absolute atomic E-state index is 0.0604. The molecule has 1 fully saturated rings. The molecule has 0 radical (unpaired) electrons. The molecule has 1 spiro atoms. The third-order valence-corrected chi connectivity index (χ3v) is 5.62. The van der Waals surface area contributed by atoms with Crippen LogP contribution in [0.5, 0.6) is 5.75 Å². The lowest BCUT2D eigenvalue weighted by Gasteiger charge is -2.32. The van der Waals surface area contributed by atoms with Crippen LogP contribution in [-0.4, -0.2) is 25.2 Å². The molecule has 5 nitrogen and oxygen atoms in total. The fourth-order valence-corrected chi connectivity index (χ4v) is 4.16. The minimum Gasteiger partial charge on any atom is -0.491 e. The number of hydrogen-bond acceptors (Lipinski definition) is 4. The van der Waals surface area contributed by atoms with Gasteiger partial charge in [-0.25, -0.2) is 0 Å². The number of rotatable bonds is 7. The second-order valence-electron chi connectivity index (χ2n) is 8.29. The first-order chi connectivity index (χ1) is 14.5. The van der Waals surface area contributed by atoms with Gasteiger partial charge in [0.05, 0.1) is 31.5 Å². The lowest BCUT2D eigenvalue weighted by atomic mass is 10.00. The molecule has 2 aromatic rings. The van der Waals surface area contributed by atoms with Crippen molar-refractivity contribution in [2.24, 2.45) is 0 Å². The molecular formula is C25H31NO4. The zero-order chi connectivity index (χ0) is 21.1. The van der Waals surface area contributed by atoms with E-state index in [9.17, 15) is 4.79 Å². The predicted octanol–water partition coefficient (Wildman–Crippen LogP) is 4.95. The summed E-state index contributed by atoms with van der Waals surface area (Å²) in [5.41, 5.74) is 3.88. The number of unbranched alkanes of at least 4 members (excludes halogenated alkanes) is 1. The Hall–Kier alpha value is -2.37. The van der Waals surface area contributed by atoms with E-state index in [1.54, 1.807) is 4.90 Å². The van der Waals surface area contributed by atoms with Crippen molar-refractivity contribution >= 4 is 11.6 Å². The Morgan fingerprint density at radius 2 is 1.90 bits per heavy atom. The first kappa shape index (κ1) is 20.9. The van der Waals surface area contributed by atoms with Gasteiger partial charge in [0.15, 0.2) is 0 Å². The number of benzene rings is 2. The highest BCUT2D eigenvalue weighted by atomic mass is 16.7. The molecule has 4 rings (SSSR count). The summed E-state index contributed by atoms with van der Waals surface area (Å²) in [5, 5.41) is 0. The first-order valence-corrected chi connectivity index (χ1v) is 11.0. The summed E-state index contributed by atoms with van der Waals surface area (Å²) in [6.45, 7) is 7.64. The highest BCUT2D eigenvalue weighted by Crippen LogP contribution is 2.46. The van der Waals surface area contributed by atoms with Crippen LogP contribution in [0, 0.1) is 0 Å². The number of hydrogen-bond donors (Lipinski definition) is 0. The van der Waals surface area contributed by atoms with E-state index in [1.165, 1.54) is 5.56 Å². The van der Waals surface area contributed by atoms with E-state index in [1.807, 2.05) is 44.2 Å². The summed E-state index contributed by atoms with van der Waals surface area (Å²) >= 11 is 0. The summed E-state index contributed by atoms with van der Waals surface area (Å²) in [4.78, 5) is 15.4. The molecule has 0 N–H and O–H groups in total. The summed E-state index contributed by atoms with van der Waals surface area (Å²) in [6, 6.07) is 14.1. The van der Waals surface area contributed by atoms with Crippen LogP contribution in [-0.2, 0) is 33.0 Å². The average molecular weight is 410 g/mol. The smallest absolute Gasteiger partial charge is 0.292 e. The maximum absolute atomic E-state index is 13.6. The van der Waals surface area contributed by atoms with Gasteiger partial charge in [-0.05, 0) is 56.9 Å². The van der Waals surface area contributed by atoms with Crippen LogP contribution in [0.3, 0.4) is 0 Å². The van der Waals surface area contributed by atoms with Crippen LogP contribution < -0.4 is 9.64 Å². The molecule has 0 unspecified atom stereocenters. The first-order valence-electron chi connectivity index (χ1n) is 11.0. The molecule has 2 aliphatic rings. The van der Waals surface area contributed by atoms with Crippen molar-refractivity contribution in [2.75, 3.05) is 18.1 Å². The van der Waals surface area contributed by atoms with Gasteiger partial charge in [-0.3, -0.25) is 4.79 Å². The third kappa shape index (κ3) is 3.84. The van der Waals surface area contributed by atoms with Crippen molar-refractivity contribution in [3.05, 3.63) is 59.2 Å². The quantitative estimate of drug-likeness (QED) is 0.649. The fraction of sp³-hybridized carbons (Fsp3) is 0.480. The molecule has 30 heavy (non-hydrogen) atoms. The maximum Gasteiger partial charge on any atom is 0.292 e. The van der Waals surface area contributed by atoms with Gasteiger partial charge in [-0.2, -0.15) is 0 Å². The molecule has 0 bridgehead atoms. The molecular weight excluding hydrogens is 378 g/mol. The Bertz CT molecular complexity index is 902. The molecule has 0 atom stereocenters. The van der Waals surface area contributed by atoms with E-state index >= 15 is 0 Å². The normalized spacial score (nSPS) is 17.6. The van der Waals surface area contributed by atoms with Gasteiger partial charge in [-0.15, -0.1) is 0 Å². The van der Waals surface area contributed by atoms with E-state index < -0.39 is 5.79 Å². The Balaban J connectivity index is 1.71. The molecule has 1 amide bonds. The Morgan fingerprint density at radius 3 is 2.63 bits per heavy atom. The number of anilines is 1. The van der Waals surface area contributed by atoms with Gasteiger partial charge < -0.3 is 19.1 Å². The van der Waals surface area contributed by atoms with E-state index in [0.29, 0.717) is 19.8 Å². The number of amides is 1. The lowest BCUT2D eigenvalue weighted by Crippen LogP contribution is -2.47. The minimum atomic E-state index is -1.32. The number of para-hydroxylation sites is 1. The molecule has 0 aromatic heterocycles. The van der Waals surface area contributed by atoms with Gasteiger partial charge in [-0.1, -0.05) is 37.6 Å². The van der Waals surface area contributed by atoms with Crippen molar-refractivity contribution in [3.8, 4) is 5.75 Å². The highest BCUT2D eigenvalue weighted by Gasteiger charge is 2.55. The van der Waals surface area contributed by atoms with Crippen molar-refractivity contribution in [2.45, 2.75) is 64.9 Å². The van der Waals surface area contributed by atoms with E-state index in [0.717, 1.165) is 48.2 Å². The number of carbonyl (C=O) groups excluding carboxylic acids is 1. The standard InChI is InChI=1S/C25H31NO4/c1-4-5-9-19-12-13-22-21(16-19)25(28-14-8-15-29-25)24(27)26(22)17-20-10-6-7-11-23(20)30-18(2)3/h6-7,10-13,16,18H,4-5,8-9,14-15,17H2,1-3H3. The van der Waals surface area contributed by atoms with Gasteiger partial charge >= 0.3 is 0 Å². The number of carbonyl (C=O) groups is 1. The summed E-state index contributed by atoms with van der Waals surface area (Å²) < 4.78 is 18.1. The Morgan fingerprint density at radius 1 is 1.13 bits per heavy atom. The molecule has 0 saturated carbocycles. The molecule has 160 valence electrons. The zero-order valence-corrected chi connectivity index (χ0v) is 18.1. The second kappa shape index (κ2) is 8.78. The number of fused-ring (bicyclic) bond motifs is 2. The summed E-state index contributed by atoms with van der Waals surface area (Å²) in [7, 11) is 0. The van der Waals surface area contributed by atoms with Crippen LogP contribution in [0.25, 0.3) is 0 Å². The fourth-order valence-electron chi connectivity index (χ4n) is 4.16. The SMILES string of the molecule is CCCCc1ccc2c(c1)C1(OCCCO1)C(=O)N2Cc1ccccc1OC(C)C. The van der Waals surface area contributed by atoms with Crippen LogP contribution in [0.4, 0.5) is 5.69 Å². The molecule has 2 aromatic carbocycles. The molecule has 2 aliphatic heterocycles. The predicted molar refractivity (Wildman–Crippen MR) is 117 cm³/mol. The van der Waals surface area contributed by atoms with Gasteiger partial charge in [0.25, 0.3) is 11.7 Å². The molecule has 2 heterocycles. The molecule has 5 heteroatoms. The number of aryl methyl sites for hydroxylation is 1. The van der Waals surface area contributed by atoms with Crippen molar-refractivity contribution in [1.82, 2.24) is 0 Å². The Labute approximate surface area is 178 Å². The van der Waals surface area contributed by atoms with Crippen LogP contribution in [0.1, 0.15) is 56.7 Å². The lowest BCUT2D eigenvalue weighted by molar-refractivity contribution is -0.256. The largest absolute Gasteiger partial charge is 0.491 e. The highest BCUT2D eigenvalue weighted by molar-refractivity contribution is 6.06. The van der Waals surface area contributed by atoms with Crippen LogP contribution in [0.2, 0.25) is 0 Å². The topological polar surface area (TPSA) is 48.0 Å². The van der Waals surface area contributed by atoms with Crippen molar-refractivity contribution < 1.29 is 19.0 Å². The van der Waals surface area contributed by atoms with E-state index in [-0.39, 0.29) is 12.0 Å². The van der Waals surface area contributed by atoms with Crippen molar-refractivity contribution in [1.29, 1.82) is 0 Å². The summed E-state index contributed by atoms with van der Waals surface area (Å²) in [6.07, 6.45) is 4.09. The second-order valence-corrected chi connectivity index (χ2v) is 8.29. The van der Waals surface area contributed by atoms with Gasteiger partial charge in [0.2, 0.25) is 0 Å².